The van der Waals surface area contributed by atoms with Crippen LogP contribution >= 0.6 is 11.6 Å². The number of anilines is 1. The molecule has 1 N–H and O–H groups in total. The Hall–Kier alpha value is -4.30. The molecular weight excluding hydrogens is 440 g/mol. The van der Waals surface area contributed by atoms with E-state index in [1.165, 1.54) is 21.9 Å². The van der Waals surface area contributed by atoms with Crippen LogP contribution in [-0.2, 0) is 0 Å². The molecule has 0 atom stereocenters. The van der Waals surface area contributed by atoms with E-state index in [4.69, 9.17) is 11.6 Å². The maximum Gasteiger partial charge on any atom is 0.265 e. The molecule has 5 rings (SSSR count). The zero-order valence-corrected chi connectivity index (χ0v) is 18.2. The number of carbonyl (C=O) groups is 1. The van der Waals surface area contributed by atoms with E-state index < -0.39 is 0 Å². The van der Waals surface area contributed by atoms with Crippen molar-refractivity contribution in [3.63, 3.8) is 0 Å². The average molecular weight is 457 g/mol. The lowest BCUT2D eigenvalue weighted by Crippen LogP contribution is -2.22. The molecular formula is C24H17ClN6O2. The van der Waals surface area contributed by atoms with Gasteiger partial charge in [0.05, 0.1) is 28.0 Å². The zero-order chi connectivity index (χ0) is 22.9. The van der Waals surface area contributed by atoms with Crippen molar-refractivity contribution >= 4 is 34.1 Å². The van der Waals surface area contributed by atoms with Crippen molar-refractivity contribution in [3.05, 3.63) is 106 Å². The lowest BCUT2D eigenvalue weighted by atomic mass is 10.1. The Morgan fingerprint density at radius 1 is 1.03 bits per heavy atom. The number of benzene rings is 3. The monoisotopic (exact) mass is 456 g/mol. The van der Waals surface area contributed by atoms with Crippen LogP contribution in [0.2, 0.25) is 5.02 Å². The largest absolute Gasteiger partial charge is 0.320 e. The molecule has 2 aromatic heterocycles. The molecule has 33 heavy (non-hydrogen) atoms. The maximum atomic E-state index is 13.0. The van der Waals surface area contributed by atoms with Crippen LogP contribution < -0.4 is 10.9 Å². The first kappa shape index (κ1) is 20.6. The molecule has 2 heterocycles. The van der Waals surface area contributed by atoms with Gasteiger partial charge in [0.15, 0.2) is 0 Å². The number of hydrogen-bond donors (Lipinski definition) is 1. The SMILES string of the molecule is Cc1nc2ccccc2c(=O)n1-c1ccc(C(=O)Nc2cc(Cl)ccc2-n2cncn2)cc1. The van der Waals surface area contributed by atoms with Gasteiger partial charge in [0, 0.05) is 10.6 Å². The van der Waals surface area contributed by atoms with Crippen LogP contribution in [0.5, 0.6) is 0 Å². The number of nitrogens with one attached hydrogen (secondary N) is 1. The molecule has 0 aliphatic carbocycles. The van der Waals surface area contributed by atoms with Gasteiger partial charge in [-0.2, -0.15) is 5.10 Å². The second kappa shape index (κ2) is 8.33. The average Bonchev–Trinajstić information content (AvgIpc) is 3.34. The van der Waals surface area contributed by atoms with Crippen molar-refractivity contribution in [1.82, 2.24) is 24.3 Å². The molecule has 0 unspecified atom stereocenters. The Kier molecular flexibility index (Phi) is 5.20. The van der Waals surface area contributed by atoms with Crippen molar-refractivity contribution in [3.8, 4) is 11.4 Å². The van der Waals surface area contributed by atoms with Gasteiger partial charge in [-0.3, -0.25) is 14.2 Å². The first-order valence-corrected chi connectivity index (χ1v) is 10.4. The van der Waals surface area contributed by atoms with Gasteiger partial charge in [0.1, 0.15) is 18.5 Å². The summed E-state index contributed by atoms with van der Waals surface area (Å²) in [6.45, 7) is 1.78. The standard InChI is InChI=1S/C24H17ClN6O2/c1-15-28-20-5-3-2-4-19(20)24(33)31(15)18-9-6-16(7-10-18)23(32)29-21-12-17(25)8-11-22(21)30-14-26-13-27-30/h2-14H,1H3,(H,29,32). The van der Waals surface area contributed by atoms with Gasteiger partial charge in [-0.05, 0) is 61.5 Å². The molecule has 9 heteroatoms. The fourth-order valence-corrected chi connectivity index (χ4v) is 3.82. The van der Waals surface area contributed by atoms with Crippen LogP contribution in [0.25, 0.3) is 22.3 Å². The lowest BCUT2D eigenvalue weighted by molar-refractivity contribution is 0.102. The number of aryl methyl sites for hydroxylation is 1. The summed E-state index contributed by atoms with van der Waals surface area (Å²) >= 11 is 6.13. The van der Waals surface area contributed by atoms with Crippen LogP contribution in [0.1, 0.15) is 16.2 Å². The number of fused-ring (bicyclic) bond motifs is 1. The third-order valence-corrected chi connectivity index (χ3v) is 5.44. The molecule has 8 nitrogen and oxygen atoms in total. The van der Waals surface area contributed by atoms with Crippen LogP contribution in [0.3, 0.4) is 0 Å². The van der Waals surface area contributed by atoms with E-state index in [2.05, 4.69) is 20.4 Å². The minimum atomic E-state index is -0.328. The fourth-order valence-electron chi connectivity index (χ4n) is 3.64. The maximum absolute atomic E-state index is 13.0. The van der Waals surface area contributed by atoms with E-state index in [9.17, 15) is 9.59 Å². The van der Waals surface area contributed by atoms with Crippen LogP contribution in [0.4, 0.5) is 5.69 Å². The van der Waals surface area contributed by atoms with Gasteiger partial charge in [-0.1, -0.05) is 23.7 Å². The number of hydrogen-bond acceptors (Lipinski definition) is 5. The number of amides is 1. The summed E-state index contributed by atoms with van der Waals surface area (Å²) in [5.74, 6) is 0.234. The quantitative estimate of drug-likeness (QED) is 0.437. The number of aromatic nitrogens is 5. The zero-order valence-electron chi connectivity index (χ0n) is 17.4. The summed E-state index contributed by atoms with van der Waals surface area (Å²) in [4.78, 5) is 34.4. The predicted molar refractivity (Wildman–Crippen MR) is 126 cm³/mol. The van der Waals surface area contributed by atoms with Crippen LogP contribution in [-0.4, -0.2) is 30.2 Å². The molecule has 5 aromatic rings. The van der Waals surface area contributed by atoms with Crippen LogP contribution in [0.15, 0.2) is 84.2 Å². The summed E-state index contributed by atoms with van der Waals surface area (Å²) in [7, 11) is 0. The molecule has 1 amide bonds. The van der Waals surface area contributed by atoms with E-state index in [0.717, 1.165) is 0 Å². The second-order valence-electron chi connectivity index (χ2n) is 7.32. The summed E-state index contributed by atoms with van der Waals surface area (Å²) in [5, 5.41) is 7.99. The summed E-state index contributed by atoms with van der Waals surface area (Å²) in [5.41, 5.74) is 2.66. The smallest absolute Gasteiger partial charge is 0.265 e. The highest BCUT2D eigenvalue weighted by molar-refractivity contribution is 6.31. The molecule has 0 saturated carbocycles. The highest BCUT2D eigenvalue weighted by Crippen LogP contribution is 2.25. The third-order valence-electron chi connectivity index (χ3n) is 5.20. The number of para-hydroxylation sites is 1. The molecule has 0 radical (unpaired) electrons. The van der Waals surface area contributed by atoms with Crippen molar-refractivity contribution in [2.75, 3.05) is 5.32 Å². The molecule has 0 spiro atoms. The summed E-state index contributed by atoms with van der Waals surface area (Å²) in [6.07, 6.45) is 2.94. The van der Waals surface area contributed by atoms with Gasteiger partial charge in [0.2, 0.25) is 0 Å². The van der Waals surface area contributed by atoms with Gasteiger partial charge >= 0.3 is 0 Å². The molecule has 0 saturated heterocycles. The number of halogens is 1. The molecule has 0 aliphatic heterocycles. The van der Waals surface area contributed by atoms with Crippen molar-refractivity contribution < 1.29 is 4.79 Å². The Morgan fingerprint density at radius 3 is 2.58 bits per heavy atom. The van der Waals surface area contributed by atoms with Crippen molar-refractivity contribution in [2.24, 2.45) is 0 Å². The fraction of sp³-hybridized carbons (Fsp3) is 0.0417. The highest BCUT2D eigenvalue weighted by atomic mass is 35.5. The number of rotatable bonds is 4. The van der Waals surface area contributed by atoms with Gasteiger partial charge in [0.25, 0.3) is 11.5 Å². The first-order valence-electron chi connectivity index (χ1n) is 10.1. The van der Waals surface area contributed by atoms with E-state index >= 15 is 0 Å². The Morgan fingerprint density at radius 2 is 1.82 bits per heavy atom. The Labute approximate surface area is 193 Å². The first-order chi connectivity index (χ1) is 16.0. The lowest BCUT2D eigenvalue weighted by Gasteiger charge is -2.13. The van der Waals surface area contributed by atoms with E-state index in [1.807, 2.05) is 18.2 Å². The van der Waals surface area contributed by atoms with Gasteiger partial charge in [-0.25, -0.2) is 14.6 Å². The second-order valence-corrected chi connectivity index (χ2v) is 7.76. The van der Waals surface area contributed by atoms with Gasteiger partial charge in [-0.15, -0.1) is 0 Å². The van der Waals surface area contributed by atoms with E-state index in [0.29, 0.717) is 44.4 Å². The van der Waals surface area contributed by atoms with Crippen molar-refractivity contribution in [1.29, 1.82) is 0 Å². The molecule has 0 bridgehead atoms. The minimum absolute atomic E-state index is 0.160. The molecule has 3 aromatic carbocycles. The molecule has 0 aliphatic rings. The number of carbonyl (C=O) groups excluding carboxylic acids is 1. The molecule has 162 valence electrons. The molecule has 0 fully saturated rings. The summed E-state index contributed by atoms with van der Waals surface area (Å²) < 4.78 is 3.07. The highest BCUT2D eigenvalue weighted by Gasteiger charge is 2.14. The predicted octanol–water partition coefficient (Wildman–Crippen LogP) is 4.18. The number of nitrogens with zero attached hydrogens (tertiary/aromatic N) is 5. The van der Waals surface area contributed by atoms with E-state index in [1.54, 1.807) is 55.5 Å². The Bertz CT molecular complexity index is 1540. The minimum Gasteiger partial charge on any atom is -0.320 e. The topological polar surface area (TPSA) is 94.7 Å². The van der Waals surface area contributed by atoms with Gasteiger partial charge < -0.3 is 5.32 Å². The summed E-state index contributed by atoms with van der Waals surface area (Å²) in [6, 6.07) is 19.1. The normalized spacial score (nSPS) is 11.0. The van der Waals surface area contributed by atoms with E-state index in [-0.39, 0.29) is 11.5 Å². The van der Waals surface area contributed by atoms with Crippen molar-refractivity contribution in [2.45, 2.75) is 6.92 Å². The van der Waals surface area contributed by atoms with Crippen LogP contribution in [0, 0.1) is 6.92 Å². The third kappa shape index (κ3) is 3.88. The Balaban J connectivity index is 1.46.